The lowest BCUT2D eigenvalue weighted by molar-refractivity contribution is -0.988. The molecule has 1 saturated heterocycles. The van der Waals surface area contributed by atoms with E-state index >= 15 is 0 Å². The van der Waals surface area contributed by atoms with Crippen LogP contribution < -0.4 is 0 Å². The van der Waals surface area contributed by atoms with Gasteiger partial charge in [0.25, 0.3) is 0 Å². The van der Waals surface area contributed by atoms with Crippen LogP contribution in [0.2, 0.25) is 0 Å². The topological polar surface area (TPSA) is 9.23 Å². The van der Waals surface area contributed by atoms with Gasteiger partial charge in [0.05, 0.1) is 7.05 Å². The van der Waals surface area contributed by atoms with E-state index in [1.807, 2.05) is 6.92 Å². The summed E-state index contributed by atoms with van der Waals surface area (Å²) in [6.07, 6.45) is 0. The first-order chi connectivity index (χ1) is 3.27. The van der Waals surface area contributed by atoms with Crippen molar-refractivity contribution >= 4 is 0 Å². The lowest BCUT2D eigenvalue weighted by Crippen LogP contribution is -2.19. The molecule has 0 aromatic rings. The molecule has 1 heterocycles. The summed E-state index contributed by atoms with van der Waals surface area (Å²) in [4.78, 5) is 5.28. The van der Waals surface area contributed by atoms with Gasteiger partial charge in [-0.15, -0.1) is 0 Å². The summed E-state index contributed by atoms with van der Waals surface area (Å²) in [5.74, 6) is 0. The fourth-order valence-electron chi connectivity index (χ4n) is 0.582. The first-order valence-corrected chi connectivity index (χ1v) is 2.76. The van der Waals surface area contributed by atoms with E-state index in [4.69, 9.17) is 4.84 Å². The highest BCUT2D eigenvalue weighted by atomic mass is 16.7. The van der Waals surface area contributed by atoms with E-state index in [0.29, 0.717) is 0 Å². The molecule has 1 fully saturated rings. The Kier molecular flexibility index (Phi) is 1.05. The van der Waals surface area contributed by atoms with E-state index in [2.05, 4.69) is 7.05 Å². The van der Waals surface area contributed by atoms with Crippen molar-refractivity contribution in [1.82, 2.24) is 0 Å². The molecular formula is C5H12NO+. The van der Waals surface area contributed by atoms with Crippen LogP contribution in [0.4, 0.5) is 0 Å². The molecule has 1 aliphatic rings. The van der Waals surface area contributed by atoms with Gasteiger partial charge >= 0.3 is 0 Å². The predicted octanol–water partition coefficient (Wildman–Crippen LogP) is 0.398. The normalized spacial score (nSPS) is 24.9. The molecule has 0 aromatic heterocycles. The first kappa shape index (κ1) is 5.06. The Morgan fingerprint density at radius 2 is 2.14 bits per heavy atom. The van der Waals surface area contributed by atoms with Gasteiger partial charge in [-0.25, -0.2) is 4.84 Å². The third-order valence-electron chi connectivity index (χ3n) is 1.29. The lowest BCUT2D eigenvalue weighted by Gasteiger charge is -2.05. The van der Waals surface area contributed by atoms with Crippen LogP contribution >= 0.6 is 0 Å². The van der Waals surface area contributed by atoms with Crippen LogP contribution in [0.25, 0.3) is 0 Å². The van der Waals surface area contributed by atoms with Crippen LogP contribution in [0.15, 0.2) is 0 Å². The molecular weight excluding hydrogens is 90.1 g/mol. The fraction of sp³-hybridized carbons (Fsp3) is 1.00. The average molecular weight is 102 g/mol. The number of quaternary nitrogens is 1. The minimum atomic E-state index is 0.844. The summed E-state index contributed by atoms with van der Waals surface area (Å²) in [6.45, 7) is 5.28. The van der Waals surface area contributed by atoms with Crippen molar-refractivity contribution in [2.75, 3.05) is 26.7 Å². The number of hydrogen-bond acceptors (Lipinski definition) is 1. The smallest absolute Gasteiger partial charge is 0.161 e. The Bertz CT molecular complexity index is 68.5. The zero-order valence-electron chi connectivity index (χ0n) is 4.98. The summed E-state index contributed by atoms with van der Waals surface area (Å²) >= 11 is 0. The second kappa shape index (κ2) is 1.46. The molecule has 2 heteroatoms. The van der Waals surface area contributed by atoms with Crippen LogP contribution in [0.5, 0.6) is 0 Å². The molecule has 0 radical (unpaired) electrons. The summed E-state index contributed by atoms with van der Waals surface area (Å²) in [5, 5.41) is 0. The SMILES string of the molecule is CCO[N+]1(C)CC1. The van der Waals surface area contributed by atoms with E-state index in [0.717, 1.165) is 11.3 Å². The zero-order valence-corrected chi connectivity index (χ0v) is 4.98. The number of likely N-dealkylation sites (N-methyl/N-ethyl adjacent to an activating group) is 1. The van der Waals surface area contributed by atoms with Gasteiger partial charge in [-0.1, -0.05) is 0 Å². The zero-order chi connectivity index (χ0) is 5.33. The van der Waals surface area contributed by atoms with E-state index in [-0.39, 0.29) is 0 Å². The van der Waals surface area contributed by atoms with Gasteiger partial charge in [0.15, 0.2) is 13.1 Å². The highest BCUT2D eigenvalue weighted by Gasteiger charge is 2.39. The van der Waals surface area contributed by atoms with Gasteiger partial charge in [-0.3, -0.25) is 0 Å². The quantitative estimate of drug-likeness (QED) is 0.362. The lowest BCUT2D eigenvalue weighted by atomic mass is 10.9. The third-order valence-corrected chi connectivity index (χ3v) is 1.29. The molecule has 0 aromatic carbocycles. The van der Waals surface area contributed by atoms with E-state index in [9.17, 15) is 0 Å². The van der Waals surface area contributed by atoms with Gasteiger partial charge in [-0.05, 0) is 6.92 Å². The maximum Gasteiger partial charge on any atom is 0.161 e. The molecule has 0 unspecified atom stereocenters. The van der Waals surface area contributed by atoms with Gasteiger partial charge in [0.2, 0.25) is 0 Å². The second-order valence-corrected chi connectivity index (χ2v) is 2.16. The van der Waals surface area contributed by atoms with E-state index in [1.54, 1.807) is 0 Å². The van der Waals surface area contributed by atoms with Crippen molar-refractivity contribution < 1.29 is 9.48 Å². The van der Waals surface area contributed by atoms with Crippen LogP contribution in [0.3, 0.4) is 0 Å². The molecule has 0 aliphatic carbocycles. The molecule has 0 saturated carbocycles. The van der Waals surface area contributed by atoms with Crippen molar-refractivity contribution in [3.05, 3.63) is 0 Å². The van der Waals surface area contributed by atoms with E-state index < -0.39 is 0 Å². The molecule has 0 spiro atoms. The second-order valence-electron chi connectivity index (χ2n) is 2.16. The number of nitrogens with zero attached hydrogens (tertiary/aromatic N) is 1. The predicted molar refractivity (Wildman–Crippen MR) is 27.5 cm³/mol. The molecule has 42 valence electrons. The van der Waals surface area contributed by atoms with Crippen LogP contribution in [0, 0.1) is 0 Å². The molecule has 2 nitrogen and oxygen atoms in total. The fourth-order valence-corrected chi connectivity index (χ4v) is 0.582. The molecule has 0 N–H and O–H groups in total. The first-order valence-electron chi connectivity index (χ1n) is 2.76. The van der Waals surface area contributed by atoms with E-state index in [1.165, 1.54) is 13.1 Å². The van der Waals surface area contributed by atoms with Gasteiger partial charge in [0.1, 0.15) is 6.61 Å². The Morgan fingerprint density at radius 1 is 1.57 bits per heavy atom. The summed E-state index contributed by atoms with van der Waals surface area (Å²) in [5.41, 5.74) is 0. The van der Waals surface area contributed by atoms with Crippen LogP contribution in [0.1, 0.15) is 6.92 Å². The summed E-state index contributed by atoms with van der Waals surface area (Å²) < 4.78 is 0.844. The average Bonchev–Trinajstić information content (AvgIpc) is 2.22. The minimum absolute atomic E-state index is 0.844. The van der Waals surface area contributed by atoms with Crippen molar-refractivity contribution in [1.29, 1.82) is 0 Å². The Hall–Kier alpha value is -0.0800. The highest BCUT2D eigenvalue weighted by molar-refractivity contribution is 4.40. The van der Waals surface area contributed by atoms with Crippen molar-refractivity contribution in [3.8, 4) is 0 Å². The van der Waals surface area contributed by atoms with Crippen LogP contribution in [-0.2, 0) is 4.84 Å². The van der Waals surface area contributed by atoms with Crippen molar-refractivity contribution in [2.24, 2.45) is 0 Å². The molecule has 1 aliphatic heterocycles. The highest BCUT2D eigenvalue weighted by Crippen LogP contribution is 2.16. The molecule has 7 heavy (non-hydrogen) atoms. The Labute approximate surface area is 44.2 Å². The summed E-state index contributed by atoms with van der Waals surface area (Å²) in [6, 6.07) is 0. The maximum atomic E-state index is 5.28. The van der Waals surface area contributed by atoms with Crippen molar-refractivity contribution in [2.45, 2.75) is 6.92 Å². The minimum Gasteiger partial charge on any atom is -0.203 e. The molecule has 0 bridgehead atoms. The Balaban J connectivity index is 2.13. The third kappa shape index (κ3) is 1.14. The number of hydrogen-bond donors (Lipinski definition) is 0. The summed E-state index contributed by atoms with van der Waals surface area (Å²) in [7, 11) is 2.10. The Morgan fingerprint density at radius 3 is 2.29 bits per heavy atom. The molecule has 0 atom stereocenters. The van der Waals surface area contributed by atoms with Crippen molar-refractivity contribution in [3.63, 3.8) is 0 Å². The van der Waals surface area contributed by atoms with Gasteiger partial charge in [-0.2, -0.15) is 4.65 Å². The molecule has 0 amide bonds. The number of hydroxylamine groups is 3. The van der Waals surface area contributed by atoms with Gasteiger partial charge in [0, 0.05) is 0 Å². The molecule has 1 rings (SSSR count). The largest absolute Gasteiger partial charge is 0.203 e. The standard InChI is InChI=1S/C5H12NO/c1-3-7-6(2)4-5-6/h3-5H2,1-2H3/q+1. The maximum absolute atomic E-state index is 5.28. The monoisotopic (exact) mass is 102 g/mol. The van der Waals surface area contributed by atoms with Crippen LogP contribution in [-0.4, -0.2) is 31.4 Å². The van der Waals surface area contributed by atoms with Gasteiger partial charge < -0.3 is 0 Å². The number of rotatable bonds is 2.